The molecule has 0 spiro atoms. The molecular formula is C19H15F3N6O3S. The number of hydrogen-bond acceptors (Lipinski definition) is 8. The van der Waals surface area contributed by atoms with Crippen LogP contribution in [0.3, 0.4) is 0 Å². The predicted octanol–water partition coefficient (Wildman–Crippen LogP) is 3.23. The third kappa shape index (κ3) is 5.07. The van der Waals surface area contributed by atoms with Crippen molar-refractivity contribution in [2.24, 2.45) is 5.14 Å². The van der Waals surface area contributed by atoms with Crippen LogP contribution in [-0.4, -0.2) is 35.8 Å². The zero-order valence-corrected chi connectivity index (χ0v) is 17.2. The van der Waals surface area contributed by atoms with Crippen LogP contribution in [0.4, 0.5) is 13.2 Å². The van der Waals surface area contributed by atoms with Crippen LogP contribution in [-0.2, 0) is 17.9 Å². The van der Waals surface area contributed by atoms with E-state index in [2.05, 4.69) is 25.0 Å². The smallest absolute Gasteiger partial charge is 0.573 e. The van der Waals surface area contributed by atoms with Crippen molar-refractivity contribution in [1.29, 1.82) is 0 Å². The van der Waals surface area contributed by atoms with Crippen molar-refractivity contribution in [3.8, 4) is 28.9 Å². The van der Waals surface area contributed by atoms with Gasteiger partial charge in [-0.25, -0.2) is 9.67 Å². The highest BCUT2D eigenvalue weighted by Gasteiger charge is 2.31. The molecule has 4 aromatic rings. The van der Waals surface area contributed by atoms with Gasteiger partial charge in [-0.3, -0.25) is 0 Å². The molecule has 2 heterocycles. The van der Waals surface area contributed by atoms with Gasteiger partial charge in [0.2, 0.25) is 11.6 Å². The van der Waals surface area contributed by atoms with Crippen LogP contribution in [0, 0.1) is 6.92 Å². The summed E-state index contributed by atoms with van der Waals surface area (Å²) in [6.07, 6.45) is -4.77. The summed E-state index contributed by atoms with van der Waals surface area (Å²) in [5.41, 5.74) is 1.26. The molecule has 32 heavy (non-hydrogen) atoms. The molecule has 0 amide bonds. The van der Waals surface area contributed by atoms with Gasteiger partial charge in [-0.1, -0.05) is 17.3 Å². The average molecular weight is 464 g/mol. The van der Waals surface area contributed by atoms with Crippen LogP contribution in [0.1, 0.15) is 11.4 Å². The fraction of sp³-hybridized carbons (Fsp3) is 0.158. The lowest BCUT2D eigenvalue weighted by Crippen LogP contribution is -2.16. The molecule has 0 bridgehead atoms. The standard InChI is InChI=1S/C19H15F3N6O3S/c1-11-24-17(26-28(11)10-12-3-2-4-15(9-12)32(23)29)18-25-16(27-31-18)13-5-7-14(8-6-13)30-19(20,21)22/h2-9H,10,23H2,1H3. The van der Waals surface area contributed by atoms with Crippen molar-refractivity contribution in [2.45, 2.75) is 24.7 Å². The number of nitrogens with zero attached hydrogens (tertiary/aromatic N) is 5. The van der Waals surface area contributed by atoms with Crippen molar-refractivity contribution in [2.75, 3.05) is 0 Å². The average Bonchev–Trinajstić information content (AvgIpc) is 3.35. The molecule has 4 rings (SSSR count). The second-order valence-electron chi connectivity index (χ2n) is 6.58. The SMILES string of the molecule is Cc1nc(-c2nc(-c3ccc(OC(F)(F)F)cc3)no2)nn1Cc1cccc([S+](N)[O-])c1. The molecule has 9 nitrogen and oxygen atoms in total. The minimum absolute atomic E-state index is 0.0503. The number of benzene rings is 2. The molecular weight excluding hydrogens is 449 g/mol. The molecule has 2 N–H and O–H groups in total. The lowest BCUT2D eigenvalue weighted by molar-refractivity contribution is -0.274. The van der Waals surface area contributed by atoms with Crippen molar-refractivity contribution in [3.63, 3.8) is 0 Å². The van der Waals surface area contributed by atoms with Gasteiger partial charge in [-0.05, 0) is 42.8 Å². The zero-order valence-electron chi connectivity index (χ0n) is 16.4. The quantitative estimate of drug-likeness (QED) is 0.431. The number of aryl methyl sites for hydroxylation is 1. The summed E-state index contributed by atoms with van der Waals surface area (Å²) in [6, 6.07) is 12.0. The molecule has 0 saturated carbocycles. The molecule has 0 aliphatic carbocycles. The van der Waals surface area contributed by atoms with E-state index in [1.807, 2.05) is 6.07 Å². The van der Waals surface area contributed by atoms with Crippen molar-refractivity contribution in [1.82, 2.24) is 24.9 Å². The van der Waals surface area contributed by atoms with Gasteiger partial charge in [0, 0.05) is 11.6 Å². The van der Waals surface area contributed by atoms with E-state index in [-0.39, 0.29) is 23.3 Å². The molecule has 13 heteroatoms. The number of rotatable bonds is 6. The Morgan fingerprint density at radius 2 is 1.88 bits per heavy atom. The van der Waals surface area contributed by atoms with Gasteiger partial charge < -0.3 is 13.8 Å². The van der Waals surface area contributed by atoms with Gasteiger partial charge >= 0.3 is 6.36 Å². The fourth-order valence-electron chi connectivity index (χ4n) is 2.84. The van der Waals surface area contributed by atoms with E-state index < -0.39 is 17.7 Å². The van der Waals surface area contributed by atoms with Gasteiger partial charge in [0.1, 0.15) is 11.6 Å². The highest BCUT2D eigenvalue weighted by atomic mass is 32.2. The number of nitrogens with two attached hydrogens (primary N) is 1. The zero-order chi connectivity index (χ0) is 22.9. The molecule has 1 atom stereocenters. The molecule has 2 aromatic carbocycles. The van der Waals surface area contributed by atoms with Gasteiger partial charge in [-0.2, -0.15) is 4.98 Å². The highest BCUT2D eigenvalue weighted by molar-refractivity contribution is 7.89. The van der Waals surface area contributed by atoms with E-state index in [4.69, 9.17) is 9.66 Å². The lowest BCUT2D eigenvalue weighted by atomic mass is 10.2. The minimum atomic E-state index is -4.77. The molecule has 1 unspecified atom stereocenters. The van der Waals surface area contributed by atoms with Crippen LogP contribution in [0.2, 0.25) is 0 Å². The van der Waals surface area contributed by atoms with E-state index in [0.717, 1.165) is 17.7 Å². The summed E-state index contributed by atoms with van der Waals surface area (Å²) in [7, 11) is 0. The third-order valence-electron chi connectivity index (χ3n) is 4.28. The molecule has 166 valence electrons. The Morgan fingerprint density at radius 3 is 2.56 bits per heavy atom. The van der Waals surface area contributed by atoms with Gasteiger partial charge in [0.25, 0.3) is 5.89 Å². The first-order valence-corrected chi connectivity index (χ1v) is 10.3. The van der Waals surface area contributed by atoms with Gasteiger partial charge in [-0.15, -0.1) is 23.4 Å². The van der Waals surface area contributed by atoms with E-state index >= 15 is 0 Å². The Bertz CT molecular complexity index is 1220. The van der Waals surface area contributed by atoms with Crippen LogP contribution in [0.5, 0.6) is 5.75 Å². The number of alkyl halides is 3. The Labute approximate surface area is 182 Å². The fourth-order valence-corrected chi connectivity index (χ4v) is 3.32. The van der Waals surface area contributed by atoms with E-state index in [9.17, 15) is 17.7 Å². The minimum Gasteiger partial charge on any atom is -0.593 e. The first-order chi connectivity index (χ1) is 15.2. The first kappa shape index (κ1) is 21.8. The number of aromatic nitrogens is 5. The summed E-state index contributed by atoms with van der Waals surface area (Å²) >= 11 is -1.59. The summed E-state index contributed by atoms with van der Waals surface area (Å²) < 4.78 is 59.0. The molecule has 2 aromatic heterocycles. The molecule has 0 aliphatic heterocycles. The Morgan fingerprint density at radius 1 is 1.12 bits per heavy atom. The topological polar surface area (TPSA) is 128 Å². The van der Waals surface area contributed by atoms with Crippen LogP contribution < -0.4 is 9.88 Å². The van der Waals surface area contributed by atoms with E-state index in [0.29, 0.717) is 22.8 Å². The largest absolute Gasteiger partial charge is 0.593 e. The maximum atomic E-state index is 12.3. The van der Waals surface area contributed by atoms with Crippen LogP contribution >= 0.6 is 0 Å². The van der Waals surface area contributed by atoms with Crippen LogP contribution in [0.25, 0.3) is 23.1 Å². The normalized spacial score (nSPS) is 12.7. The van der Waals surface area contributed by atoms with Crippen molar-refractivity contribution < 1.29 is 27.0 Å². The maximum absolute atomic E-state index is 12.3. The maximum Gasteiger partial charge on any atom is 0.573 e. The second kappa shape index (κ2) is 8.61. The molecule has 0 fully saturated rings. The third-order valence-corrected chi connectivity index (χ3v) is 5.00. The van der Waals surface area contributed by atoms with Gasteiger partial charge in [0.05, 0.1) is 17.9 Å². The van der Waals surface area contributed by atoms with E-state index in [1.54, 1.807) is 29.8 Å². The first-order valence-electron chi connectivity index (χ1n) is 9.05. The van der Waals surface area contributed by atoms with Crippen LogP contribution in [0.15, 0.2) is 57.9 Å². The summed E-state index contributed by atoms with van der Waals surface area (Å²) in [4.78, 5) is 9.03. The monoisotopic (exact) mass is 464 g/mol. The molecule has 0 aliphatic rings. The molecule has 0 saturated heterocycles. The highest BCUT2D eigenvalue weighted by Crippen LogP contribution is 2.26. The summed E-state index contributed by atoms with van der Waals surface area (Å²) in [5, 5.41) is 13.6. The predicted molar refractivity (Wildman–Crippen MR) is 106 cm³/mol. The number of halogens is 3. The van der Waals surface area contributed by atoms with Gasteiger partial charge in [0.15, 0.2) is 4.90 Å². The Kier molecular flexibility index (Phi) is 5.86. The summed E-state index contributed by atoms with van der Waals surface area (Å²) in [6.45, 7) is 2.10. The molecule has 0 radical (unpaired) electrons. The summed E-state index contributed by atoms with van der Waals surface area (Å²) in [5.74, 6) is 0.619. The lowest BCUT2D eigenvalue weighted by Gasteiger charge is -2.08. The van der Waals surface area contributed by atoms with Crippen molar-refractivity contribution in [3.05, 3.63) is 59.9 Å². The number of ether oxygens (including phenoxy) is 1. The van der Waals surface area contributed by atoms with Crippen molar-refractivity contribution >= 4 is 11.4 Å². The number of hydrogen-bond donors (Lipinski definition) is 1. The van der Waals surface area contributed by atoms with E-state index in [1.165, 1.54) is 12.1 Å². The Balaban J connectivity index is 1.52. The second-order valence-corrected chi connectivity index (χ2v) is 7.65. The Hall–Kier alpha value is -3.42.